The van der Waals surface area contributed by atoms with Gasteiger partial charge in [-0.25, -0.2) is 8.78 Å². The molecule has 0 atom stereocenters. The van der Waals surface area contributed by atoms with E-state index in [4.69, 9.17) is 11.6 Å². The summed E-state index contributed by atoms with van der Waals surface area (Å²) in [7, 11) is 0. The van der Waals surface area contributed by atoms with E-state index in [9.17, 15) is 23.7 Å². The van der Waals surface area contributed by atoms with Crippen LogP contribution in [0.2, 0.25) is 4.34 Å². The minimum atomic E-state index is -1.39. The molecule has 0 bridgehead atoms. The van der Waals surface area contributed by atoms with E-state index in [2.05, 4.69) is 5.32 Å². The van der Waals surface area contributed by atoms with E-state index in [-0.39, 0.29) is 6.54 Å². The molecule has 2 rings (SSSR count). The lowest BCUT2D eigenvalue weighted by atomic mass is 10.1. The maximum absolute atomic E-state index is 13.2. The van der Waals surface area contributed by atoms with Crippen LogP contribution in [0.3, 0.4) is 0 Å². The molecule has 0 radical (unpaired) electrons. The Balaban J connectivity index is 2.22. The van der Waals surface area contributed by atoms with E-state index in [1.165, 1.54) is 11.3 Å². The van der Waals surface area contributed by atoms with E-state index < -0.39 is 33.7 Å². The molecule has 1 aromatic heterocycles. The summed E-state index contributed by atoms with van der Waals surface area (Å²) in [6.45, 7) is 0.0758. The molecule has 0 spiro atoms. The molecular formula is C12H7ClF2N2O3S. The van der Waals surface area contributed by atoms with Gasteiger partial charge < -0.3 is 5.32 Å². The van der Waals surface area contributed by atoms with Gasteiger partial charge in [0, 0.05) is 4.88 Å². The Labute approximate surface area is 126 Å². The van der Waals surface area contributed by atoms with Crippen molar-refractivity contribution in [3.8, 4) is 0 Å². The monoisotopic (exact) mass is 332 g/mol. The second-order valence-corrected chi connectivity index (χ2v) is 5.73. The molecule has 21 heavy (non-hydrogen) atoms. The number of thiophene rings is 1. The van der Waals surface area contributed by atoms with Crippen molar-refractivity contribution in [1.82, 2.24) is 5.32 Å². The predicted octanol–water partition coefficient (Wildman–Crippen LogP) is 3.52. The van der Waals surface area contributed by atoms with Crippen LogP contribution >= 0.6 is 22.9 Å². The molecule has 0 unspecified atom stereocenters. The average Bonchev–Trinajstić information content (AvgIpc) is 2.84. The van der Waals surface area contributed by atoms with Crippen LogP contribution < -0.4 is 5.32 Å². The number of hydrogen-bond acceptors (Lipinski definition) is 4. The third-order valence-corrected chi connectivity index (χ3v) is 3.76. The van der Waals surface area contributed by atoms with Crippen LogP contribution in [-0.2, 0) is 6.54 Å². The maximum atomic E-state index is 13.2. The summed E-state index contributed by atoms with van der Waals surface area (Å²) >= 11 is 6.95. The molecule has 0 saturated heterocycles. The number of nitro groups is 1. The number of nitro benzene ring substituents is 1. The number of amides is 1. The average molecular weight is 333 g/mol. The number of nitrogens with one attached hydrogen (secondary N) is 1. The minimum absolute atomic E-state index is 0.0758. The molecule has 0 saturated carbocycles. The van der Waals surface area contributed by atoms with Crippen molar-refractivity contribution in [2.75, 3.05) is 0 Å². The first-order chi connectivity index (χ1) is 9.88. The fourth-order valence-corrected chi connectivity index (χ4v) is 2.61. The summed E-state index contributed by atoms with van der Waals surface area (Å²) in [5.41, 5.74) is -1.34. The number of rotatable bonds is 4. The fourth-order valence-electron chi connectivity index (χ4n) is 1.58. The van der Waals surface area contributed by atoms with Gasteiger partial charge in [-0.2, -0.15) is 0 Å². The van der Waals surface area contributed by atoms with Crippen LogP contribution in [0.5, 0.6) is 0 Å². The molecule has 0 aliphatic heterocycles. The molecule has 1 N–H and O–H groups in total. The zero-order chi connectivity index (χ0) is 15.6. The highest BCUT2D eigenvalue weighted by atomic mass is 35.5. The van der Waals surface area contributed by atoms with Crippen LogP contribution in [0.25, 0.3) is 0 Å². The first-order valence-corrected chi connectivity index (χ1v) is 6.74. The lowest BCUT2D eigenvalue weighted by Crippen LogP contribution is -2.23. The standard InChI is InChI=1S/C12H7ClF2N2O3S/c13-11-2-1-6(21-11)5-16-12(18)7-3-8(14)9(15)4-10(7)17(19)20/h1-4H,5H2,(H,16,18). The number of halogens is 3. The Bertz CT molecular complexity index is 721. The molecule has 2 aromatic rings. The second-order valence-electron chi connectivity index (χ2n) is 3.93. The molecular weight excluding hydrogens is 326 g/mol. The third kappa shape index (κ3) is 3.53. The number of carbonyl (C=O) groups is 1. The van der Waals surface area contributed by atoms with Gasteiger partial charge >= 0.3 is 0 Å². The van der Waals surface area contributed by atoms with Crippen molar-refractivity contribution in [3.05, 3.63) is 60.8 Å². The predicted molar refractivity (Wildman–Crippen MR) is 73.5 cm³/mol. The van der Waals surface area contributed by atoms with Gasteiger partial charge in [0.25, 0.3) is 11.6 Å². The van der Waals surface area contributed by atoms with Crippen molar-refractivity contribution in [1.29, 1.82) is 0 Å². The van der Waals surface area contributed by atoms with Gasteiger partial charge in [0.05, 0.1) is 21.9 Å². The maximum Gasteiger partial charge on any atom is 0.285 e. The largest absolute Gasteiger partial charge is 0.347 e. The van der Waals surface area contributed by atoms with Crippen molar-refractivity contribution in [2.45, 2.75) is 6.54 Å². The van der Waals surface area contributed by atoms with Gasteiger partial charge in [-0.05, 0) is 18.2 Å². The summed E-state index contributed by atoms with van der Waals surface area (Å²) in [4.78, 5) is 22.4. The van der Waals surface area contributed by atoms with Gasteiger partial charge in [-0.15, -0.1) is 11.3 Å². The number of nitrogens with zero attached hydrogens (tertiary/aromatic N) is 1. The number of hydrogen-bond donors (Lipinski definition) is 1. The summed E-state index contributed by atoms with van der Waals surface area (Å²) in [5, 5.41) is 13.2. The van der Waals surface area contributed by atoms with E-state index in [0.29, 0.717) is 16.5 Å². The second kappa shape index (κ2) is 6.15. The topological polar surface area (TPSA) is 72.2 Å². The molecule has 1 amide bonds. The Kier molecular flexibility index (Phi) is 4.49. The number of carbonyl (C=O) groups excluding carboxylic acids is 1. The normalized spacial score (nSPS) is 10.4. The lowest BCUT2D eigenvalue weighted by Gasteiger charge is -2.05. The molecule has 0 fully saturated rings. The summed E-state index contributed by atoms with van der Waals surface area (Å²) in [5.74, 6) is -3.58. The van der Waals surface area contributed by atoms with Gasteiger partial charge in [0.15, 0.2) is 11.6 Å². The Hall–Kier alpha value is -2.06. The molecule has 1 aromatic carbocycles. The highest BCUT2D eigenvalue weighted by Gasteiger charge is 2.23. The van der Waals surface area contributed by atoms with Gasteiger partial charge in [-0.1, -0.05) is 11.6 Å². The smallest absolute Gasteiger partial charge is 0.285 e. The Morgan fingerprint density at radius 1 is 1.33 bits per heavy atom. The quantitative estimate of drug-likeness (QED) is 0.687. The lowest BCUT2D eigenvalue weighted by molar-refractivity contribution is -0.385. The van der Waals surface area contributed by atoms with Crippen molar-refractivity contribution in [3.63, 3.8) is 0 Å². The van der Waals surface area contributed by atoms with E-state index in [0.717, 1.165) is 4.88 Å². The Morgan fingerprint density at radius 2 is 2.00 bits per heavy atom. The van der Waals surface area contributed by atoms with Crippen LogP contribution in [0.4, 0.5) is 14.5 Å². The first kappa shape index (κ1) is 15.3. The third-order valence-electron chi connectivity index (χ3n) is 2.53. The molecule has 5 nitrogen and oxygen atoms in total. The van der Waals surface area contributed by atoms with Gasteiger partial charge in [0.2, 0.25) is 0 Å². The van der Waals surface area contributed by atoms with Crippen LogP contribution in [0.15, 0.2) is 24.3 Å². The van der Waals surface area contributed by atoms with Crippen LogP contribution in [-0.4, -0.2) is 10.8 Å². The fraction of sp³-hybridized carbons (Fsp3) is 0.0833. The van der Waals surface area contributed by atoms with Crippen molar-refractivity contribution >= 4 is 34.5 Å². The SMILES string of the molecule is O=C(NCc1ccc(Cl)s1)c1cc(F)c(F)cc1[N+](=O)[O-]. The summed E-state index contributed by atoms with van der Waals surface area (Å²) in [6.07, 6.45) is 0. The summed E-state index contributed by atoms with van der Waals surface area (Å²) < 4.78 is 26.7. The van der Waals surface area contributed by atoms with E-state index in [1.807, 2.05) is 0 Å². The molecule has 110 valence electrons. The molecule has 0 aliphatic rings. The Morgan fingerprint density at radius 3 is 2.57 bits per heavy atom. The zero-order valence-electron chi connectivity index (χ0n) is 10.2. The van der Waals surface area contributed by atoms with E-state index in [1.54, 1.807) is 12.1 Å². The van der Waals surface area contributed by atoms with Gasteiger partial charge in [0.1, 0.15) is 5.56 Å². The van der Waals surface area contributed by atoms with Crippen LogP contribution in [0.1, 0.15) is 15.2 Å². The summed E-state index contributed by atoms with van der Waals surface area (Å²) in [6, 6.07) is 4.19. The number of benzene rings is 1. The van der Waals surface area contributed by atoms with Crippen molar-refractivity contribution in [2.24, 2.45) is 0 Å². The highest BCUT2D eigenvalue weighted by Crippen LogP contribution is 2.23. The molecule has 0 aliphatic carbocycles. The van der Waals surface area contributed by atoms with Crippen LogP contribution in [0, 0.1) is 21.7 Å². The zero-order valence-corrected chi connectivity index (χ0v) is 11.8. The molecule has 9 heteroatoms. The minimum Gasteiger partial charge on any atom is -0.347 e. The van der Waals surface area contributed by atoms with Crippen molar-refractivity contribution < 1.29 is 18.5 Å². The highest BCUT2D eigenvalue weighted by molar-refractivity contribution is 7.16. The molecule has 1 heterocycles. The first-order valence-electron chi connectivity index (χ1n) is 5.54. The van der Waals surface area contributed by atoms with E-state index >= 15 is 0 Å². The van der Waals surface area contributed by atoms with Gasteiger partial charge in [-0.3, -0.25) is 14.9 Å².